The van der Waals surface area contributed by atoms with Gasteiger partial charge in [-0.3, -0.25) is 4.79 Å². The van der Waals surface area contributed by atoms with Gasteiger partial charge in [-0.15, -0.1) is 0 Å². The first kappa shape index (κ1) is 15.9. The Morgan fingerprint density at radius 3 is 2.62 bits per heavy atom. The number of rotatable bonds is 4. The Hall–Kier alpha value is -2.93. The highest BCUT2D eigenvalue weighted by Crippen LogP contribution is 2.21. The number of nitrogens with one attached hydrogen (secondary N) is 2. The Morgan fingerprint density at radius 1 is 1.12 bits per heavy atom. The van der Waals surface area contributed by atoms with Gasteiger partial charge in [0.05, 0.1) is 10.7 Å². The van der Waals surface area contributed by atoms with Crippen molar-refractivity contribution in [3.8, 4) is 0 Å². The van der Waals surface area contributed by atoms with Crippen molar-refractivity contribution in [1.82, 2.24) is 15.1 Å². The zero-order valence-electron chi connectivity index (χ0n) is 13.0. The first-order valence-corrected chi connectivity index (χ1v) is 7.51. The molecule has 0 atom stereocenters. The van der Waals surface area contributed by atoms with Crippen LogP contribution in [0.15, 0.2) is 40.9 Å². The van der Waals surface area contributed by atoms with Crippen LogP contribution in [0.5, 0.6) is 0 Å². The van der Waals surface area contributed by atoms with Crippen molar-refractivity contribution in [1.29, 1.82) is 0 Å². The number of amides is 1. The Bertz CT molecular complexity index is 894. The third-order valence-electron chi connectivity index (χ3n) is 3.08. The highest BCUT2D eigenvalue weighted by molar-refractivity contribution is 6.33. The van der Waals surface area contributed by atoms with E-state index in [-0.39, 0.29) is 11.6 Å². The Kier molecular flexibility index (Phi) is 4.43. The summed E-state index contributed by atoms with van der Waals surface area (Å²) < 4.78 is 4.99. The lowest BCUT2D eigenvalue weighted by molar-refractivity contribution is 0.102. The van der Waals surface area contributed by atoms with Crippen LogP contribution in [-0.2, 0) is 0 Å². The molecule has 2 heterocycles. The second kappa shape index (κ2) is 6.67. The quantitative estimate of drug-likeness (QED) is 0.749. The maximum atomic E-state index is 12.4. The molecular formula is C16H14ClN5O2. The Morgan fingerprint density at radius 2 is 1.92 bits per heavy atom. The molecule has 0 bridgehead atoms. The molecule has 8 heteroatoms. The average molecular weight is 344 g/mol. The lowest BCUT2D eigenvalue weighted by Gasteiger charge is -2.08. The summed E-state index contributed by atoms with van der Waals surface area (Å²) in [6.07, 6.45) is 0. The van der Waals surface area contributed by atoms with Crippen LogP contribution < -0.4 is 10.6 Å². The maximum Gasteiger partial charge on any atom is 0.274 e. The zero-order valence-corrected chi connectivity index (χ0v) is 13.8. The van der Waals surface area contributed by atoms with E-state index >= 15 is 0 Å². The molecule has 0 spiro atoms. The van der Waals surface area contributed by atoms with E-state index in [4.69, 9.17) is 16.1 Å². The average Bonchev–Trinajstić information content (AvgIpc) is 2.94. The topological polar surface area (TPSA) is 92.9 Å². The summed E-state index contributed by atoms with van der Waals surface area (Å²) in [5.41, 5.74) is 0.729. The third-order valence-corrected chi connectivity index (χ3v) is 3.41. The predicted octanol–water partition coefficient (Wildman–Crippen LogP) is 3.73. The SMILES string of the molecule is Cc1nc(Nc2cc(C)on2)cc(C(=O)Nc2ccccc2Cl)n1. The number of hydrogen-bond acceptors (Lipinski definition) is 6. The molecule has 0 fully saturated rings. The third kappa shape index (κ3) is 3.69. The van der Waals surface area contributed by atoms with Crippen molar-refractivity contribution in [3.63, 3.8) is 0 Å². The van der Waals surface area contributed by atoms with Gasteiger partial charge in [0.2, 0.25) is 0 Å². The van der Waals surface area contributed by atoms with Gasteiger partial charge in [-0.1, -0.05) is 28.9 Å². The predicted molar refractivity (Wildman–Crippen MR) is 90.7 cm³/mol. The molecule has 0 radical (unpaired) electrons. The number of benzene rings is 1. The van der Waals surface area contributed by atoms with Crippen LogP contribution in [0.3, 0.4) is 0 Å². The number of halogens is 1. The van der Waals surface area contributed by atoms with Crippen LogP contribution in [0.2, 0.25) is 5.02 Å². The number of nitrogens with zero attached hydrogens (tertiary/aromatic N) is 3. The Balaban J connectivity index is 1.82. The van der Waals surface area contributed by atoms with Gasteiger partial charge < -0.3 is 15.2 Å². The van der Waals surface area contributed by atoms with Crippen LogP contribution in [0.4, 0.5) is 17.3 Å². The number of aromatic nitrogens is 3. The molecule has 0 unspecified atom stereocenters. The molecule has 0 aliphatic rings. The summed E-state index contributed by atoms with van der Waals surface area (Å²) in [5.74, 6) is 1.68. The molecule has 0 aliphatic carbocycles. The lowest BCUT2D eigenvalue weighted by atomic mass is 10.3. The summed E-state index contributed by atoms with van der Waals surface area (Å²) in [4.78, 5) is 20.8. The summed E-state index contributed by atoms with van der Waals surface area (Å²) in [6, 6.07) is 10.2. The first-order valence-electron chi connectivity index (χ1n) is 7.13. The molecule has 1 amide bonds. The van der Waals surface area contributed by atoms with E-state index in [1.54, 1.807) is 44.2 Å². The van der Waals surface area contributed by atoms with Crippen LogP contribution in [0.25, 0.3) is 0 Å². The van der Waals surface area contributed by atoms with Gasteiger partial charge in [0.15, 0.2) is 5.82 Å². The van der Waals surface area contributed by atoms with E-state index in [1.165, 1.54) is 6.07 Å². The second-order valence-corrected chi connectivity index (χ2v) is 5.47. The van der Waals surface area contributed by atoms with Crippen LogP contribution in [0, 0.1) is 13.8 Å². The molecule has 3 rings (SSSR count). The fraction of sp³-hybridized carbons (Fsp3) is 0.125. The molecule has 3 aromatic rings. The smallest absolute Gasteiger partial charge is 0.274 e. The van der Waals surface area contributed by atoms with E-state index in [0.717, 1.165) is 0 Å². The largest absolute Gasteiger partial charge is 0.360 e. The molecule has 2 aromatic heterocycles. The fourth-order valence-electron chi connectivity index (χ4n) is 2.05. The van der Waals surface area contributed by atoms with Gasteiger partial charge in [-0.05, 0) is 26.0 Å². The van der Waals surface area contributed by atoms with Gasteiger partial charge in [0.25, 0.3) is 5.91 Å². The number of carbonyl (C=O) groups excluding carboxylic acids is 1. The molecule has 122 valence electrons. The summed E-state index contributed by atoms with van der Waals surface area (Å²) in [7, 11) is 0. The van der Waals surface area contributed by atoms with Gasteiger partial charge in [0, 0.05) is 12.1 Å². The van der Waals surface area contributed by atoms with Crippen molar-refractivity contribution in [2.75, 3.05) is 10.6 Å². The molecule has 0 saturated heterocycles. The van der Waals surface area contributed by atoms with Crippen molar-refractivity contribution in [2.45, 2.75) is 13.8 Å². The van der Waals surface area contributed by atoms with E-state index in [2.05, 4.69) is 25.8 Å². The van der Waals surface area contributed by atoms with Crippen molar-refractivity contribution >= 4 is 34.8 Å². The van der Waals surface area contributed by atoms with E-state index in [0.29, 0.717) is 33.9 Å². The van der Waals surface area contributed by atoms with Crippen LogP contribution in [-0.4, -0.2) is 21.0 Å². The number of hydrogen-bond donors (Lipinski definition) is 2. The highest BCUT2D eigenvalue weighted by atomic mass is 35.5. The monoisotopic (exact) mass is 343 g/mol. The molecule has 7 nitrogen and oxygen atoms in total. The number of carbonyl (C=O) groups is 1. The molecule has 0 saturated carbocycles. The molecular weight excluding hydrogens is 330 g/mol. The number of para-hydroxylation sites is 1. The minimum Gasteiger partial charge on any atom is -0.360 e. The molecule has 0 aliphatic heterocycles. The van der Waals surface area contributed by atoms with E-state index < -0.39 is 0 Å². The van der Waals surface area contributed by atoms with Crippen molar-refractivity contribution in [2.24, 2.45) is 0 Å². The van der Waals surface area contributed by atoms with Crippen LogP contribution in [0.1, 0.15) is 22.1 Å². The molecule has 2 N–H and O–H groups in total. The fourth-order valence-corrected chi connectivity index (χ4v) is 2.24. The summed E-state index contributed by atoms with van der Waals surface area (Å²) in [5, 5.41) is 9.98. The number of aryl methyl sites for hydroxylation is 2. The van der Waals surface area contributed by atoms with Crippen molar-refractivity contribution in [3.05, 3.63) is 58.7 Å². The highest BCUT2D eigenvalue weighted by Gasteiger charge is 2.13. The molecule has 1 aromatic carbocycles. The normalized spacial score (nSPS) is 10.5. The van der Waals surface area contributed by atoms with Gasteiger partial charge in [-0.2, -0.15) is 0 Å². The number of anilines is 3. The lowest BCUT2D eigenvalue weighted by Crippen LogP contribution is -2.15. The van der Waals surface area contributed by atoms with Gasteiger partial charge in [-0.25, -0.2) is 9.97 Å². The first-order chi connectivity index (χ1) is 11.5. The maximum absolute atomic E-state index is 12.4. The zero-order chi connectivity index (χ0) is 17.1. The summed E-state index contributed by atoms with van der Waals surface area (Å²) >= 11 is 6.05. The standard InChI is InChI=1S/C16H14ClN5O2/c1-9-7-15(22-24-9)21-14-8-13(18-10(2)19-14)16(23)20-12-6-4-3-5-11(12)17/h3-8H,1-2H3,(H,20,23)(H,18,19,21,22). The van der Waals surface area contributed by atoms with Gasteiger partial charge >= 0.3 is 0 Å². The van der Waals surface area contributed by atoms with Crippen LogP contribution >= 0.6 is 11.6 Å². The second-order valence-electron chi connectivity index (χ2n) is 5.07. The Labute approximate surface area is 143 Å². The summed E-state index contributed by atoms with van der Waals surface area (Å²) in [6.45, 7) is 3.48. The van der Waals surface area contributed by atoms with Gasteiger partial charge in [0.1, 0.15) is 23.1 Å². The molecule has 24 heavy (non-hydrogen) atoms. The minimum absolute atomic E-state index is 0.213. The van der Waals surface area contributed by atoms with Crippen molar-refractivity contribution < 1.29 is 9.32 Å². The van der Waals surface area contributed by atoms with E-state index in [9.17, 15) is 4.79 Å². The minimum atomic E-state index is -0.381. The van der Waals surface area contributed by atoms with E-state index in [1.807, 2.05) is 0 Å².